The molecule has 0 fully saturated rings. The van der Waals surface area contributed by atoms with Gasteiger partial charge in [0.05, 0.1) is 24.7 Å². The van der Waals surface area contributed by atoms with Crippen LogP contribution in [0.25, 0.3) is 0 Å². The highest BCUT2D eigenvalue weighted by molar-refractivity contribution is 6.19. The lowest BCUT2D eigenvalue weighted by Crippen LogP contribution is -2.10. The number of nitrogens with zero attached hydrogens (tertiary/aromatic N) is 1. The molecule has 19 heavy (non-hydrogen) atoms. The van der Waals surface area contributed by atoms with E-state index in [1.807, 2.05) is 6.07 Å². The smallest absolute Gasteiger partial charge is 0.310 e. The largest absolute Gasteiger partial charge is 0.466 e. The van der Waals surface area contributed by atoms with Gasteiger partial charge in [0.2, 0.25) is 0 Å². The van der Waals surface area contributed by atoms with Gasteiger partial charge in [0.15, 0.2) is 5.78 Å². The number of ketones is 1. The minimum Gasteiger partial charge on any atom is -0.466 e. The normalized spacial score (nSPS) is 9.74. The van der Waals surface area contributed by atoms with Crippen molar-refractivity contribution in [3.05, 3.63) is 34.9 Å². The van der Waals surface area contributed by atoms with E-state index in [0.717, 1.165) is 0 Å². The molecule has 1 rings (SSSR count). The molecule has 100 valence electrons. The van der Waals surface area contributed by atoms with Crippen LogP contribution in [0.4, 0.5) is 0 Å². The van der Waals surface area contributed by atoms with E-state index in [4.69, 9.17) is 21.6 Å². The van der Waals surface area contributed by atoms with Crippen LogP contribution in [0.1, 0.15) is 34.8 Å². The van der Waals surface area contributed by atoms with Gasteiger partial charge in [-0.05, 0) is 24.6 Å². The summed E-state index contributed by atoms with van der Waals surface area (Å²) >= 11 is 5.52. The van der Waals surface area contributed by atoms with Crippen molar-refractivity contribution in [2.75, 3.05) is 12.5 Å². The summed E-state index contributed by atoms with van der Waals surface area (Å²) in [5.74, 6) is -0.281. The maximum Gasteiger partial charge on any atom is 0.310 e. The van der Waals surface area contributed by atoms with Gasteiger partial charge in [-0.2, -0.15) is 5.26 Å². The first kappa shape index (κ1) is 15.2. The Kier molecular flexibility index (Phi) is 6.04. The lowest BCUT2D eigenvalue weighted by atomic mass is 9.99. The molecule has 0 atom stereocenters. The van der Waals surface area contributed by atoms with Crippen molar-refractivity contribution in [2.45, 2.75) is 19.8 Å². The fourth-order valence-electron chi connectivity index (χ4n) is 1.62. The van der Waals surface area contributed by atoms with Gasteiger partial charge in [-0.1, -0.05) is 6.07 Å². The van der Waals surface area contributed by atoms with Crippen LogP contribution in [-0.2, 0) is 16.0 Å². The molecule has 0 aliphatic carbocycles. The standard InChI is InChI=1S/C14H14ClNO3/c1-2-19-14(18)8-12-7-10(13(17)5-6-15)3-4-11(12)9-16/h3-4,7H,2,5-6,8H2,1H3. The number of alkyl halides is 1. The summed E-state index contributed by atoms with van der Waals surface area (Å²) in [6.07, 6.45) is 0.213. The third kappa shape index (κ3) is 4.38. The number of hydrogen-bond donors (Lipinski definition) is 0. The van der Waals surface area contributed by atoms with Crippen molar-refractivity contribution in [2.24, 2.45) is 0 Å². The summed E-state index contributed by atoms with van der Waals surface area (Å²) < 4.78 is 4.84. The quantitative estimate of drug-likeness (QED) is 0.456. The summed E-state index contributed by atoms with van der Waals surface area (Å²) in [5.41, 5.74) is 1.33. The molecule has 0 aliphatic rings. The van der Waals surface area contributed by atoms with Crippen LogP contribution in [0.2, 0.25) is 0 Å². The molecule has 0 saturated heterocycles. The average molecular weight is 280 g/mol. The number of esters is 1. The van der Waals surface area contributed by atoms with Crippen LogP contribution in [0.3, 0.4) is 0 Å². The predicted octanol–water partition coefficient (Wildman–Crippen LogP) is 2.48. The van der Waals surface area contributed by atoms with E-state index in [2.05, 4.69) is 0 Å². The average Bonchev–Trinajstić information content (AvgIpc) is 2.39. The fraction of sp³-hybridized carbons (Fsp3) is 0.357. The monoisotopic (exact) mass is 279 g/mol. The van der Waals surface area contributed by atoms with Gasteiger partial charge < -0.3 is 4.74 Å². The van der Waals surface area contributed by atoms with E-state index in [-0.39, 0.29) is 31.1 Å². The first-order chi connectivity index (χ1) is 9.12. The number of Topliss-reactive ketones (excluding diaryl/α,β-unsaturated/α-hetero) is 1. The minimum atomic E-state index is -0.416. The van der Waals surface area contributed by atoms with Crippen molar-refractivity contribution in [1.82, 2.24) is 0 Å². The molecule has 0 unspecified atom stereocenters. The summed E-state index contributed by atoms with van der Waals surface area (Å²) in [7, 11) is 0. The maximum atomic E-state index is 11.7. The summed E-state index contributed by atoms with van der Waals surface area (Å²) in [6.45, 7) is 2.00. The van der Waals surface area contributed by atoms with Crippen LogP contribution < -0.4 is 0 Å². The number of hydrogen-bond acceptors (Lipinski definition) is 4. The van der Waals surface area contributed by atoms with E-state index in [9.17, 15) is 9.59 Å². The molecule has 0 aromatic heterocycles. The van der Waals surface area contributed by atoms with Crippen LogP contribution >= 0.6 is 11.6 Å². The van der Waals surface area contributed by atoms with Crippen molar-refractivity contribution in [1.29, 1.82) is 5.26 Å². The predicted molar refractivity (Wildman–Crippen MR) is 71.2 cm³/mol. The SMILES string of the molecule is CCOC(=O)Cc1cc(C(=O)CCCl)ccc1C#N. The lowest BCUT2D eigenvalue weighted by Gasteiger charge is -2.06. The molecule has 0 saturated carbocycles. The number of nitriles is 1. The van der Waals surface area contributed by atoms with Gasteiger partial charge in [0.25, 0.3) is 0 Å². The number of halogens is 1. The Balaban J connectivity index is 3.00. The molecule has 0 aliphatic heterocycles. The summed E-state index contributed by atoms with van der Waals surface area (Å²) in [4.78, 5) is 23.2. The van der Waals surface area contributed by atoms with Crippen LogP contribution in [-0.4, -0.2) is 24.2 Å². The van der Waals surface area contributed by atoms with Crippen LogP contribution in [0.5, 0.6) is 0 Å². The molecule has 4 nitrogen and oxygen atoms in total. The molecule has 0 heterocycles. The maximum absolute atomic E-state index is 11.7. The highest BCUT2D eigenvalue weighted by Crippen LogP contribution is 2.14. The highest BCUT2D eigenvalue weighted by atomic mass is 35.5. The van der Waals surface area contributed by atoms with E-state index in [1.165, 1.54) is 6.07 Å². The van der Waals surface area contributed by atoms with Crippen molar-refractivity contribution >= 4 is 23.4 Å². The fourth-order valence-corrected chi connectivity index (χ4v) is 1.79. The molecular formula is C14H14ClNO3. The molecule has 1 aromatic carbocycles. The Morgan fingerprint density at radius 3 is 2.74 bits per heavy atom. The van der Waals surface area contributed by atoms with E-state index >= 15 is 0 Å². The Morgan fingerprint density at radius 1 is 1.42 bits per heavy atom. The van der Waals surface area contributed by atoms with E-state index in [1.54, 1.807) is 19.1 Å². The van der Waals surface area contributed by atoms with Crippen LogP contribution in [0, 0.1) is 11.3 Å². The molecular weight excluding hydrogens is 266 g/mol. The van der Waals surface area contributed by atoms with Gasteiger partial charge >= 0.3 is 5.97 Å². The molecule has 0 amide bonds. The van der Waals surface area contributed by atoms with Crippen molar-refractivity contribution in [3.8, 4) is 6.07 Å². The second kappa shape index (κ2) is 7.55. The zero-order valence-corrected chi connectivity index (χ0v) is 11.4. The Labute approximate surface area is 116 Å². The first-order valence-corrected chi connectivity index (χ1v) is 6.43. The summed E-state index contributed by atoms with van der Waals surface area (Å²) in [5, 5.41) is 8.99. The number of carbonyl (C=O) groups excluding carboxylic acids is 2. The molecule has 0 radical (unpaired) electrons. The number of ether oxygens (including phenoxy) is 1. The molecule has 0 bridgehead atoms. The third-order valence-electron chi connectivity index (χ3n) is 2.51. The second-order valence-corrected chi connectivity index (χ2v) is 4.21. The number of benzene rings is 1. The zero-order chi connectivity index (χ0) is 14.3. The van der Waals surface area contributed by atoms with E-state index in [0.29, 0.717) is 16.7 Å². The molecule has 1 aromatic rings. The first-order valence-electron chi connectivity index (χ1n) is 5.90. The van der Waals surface area contributed by atoms with E-state index < -0.39 is 5.97 Å². The van der Waals surface area contributed by atoms with Gasteiger partial charge in [0.1, 0.15) is 0 Å². The van der Waals surface area contributed by atoms with Crippen LogP contribution in [0.15, 0.2) is 18.2 Å². The van der Waals surface area contributed by atoms with Gasteiger partial charge in [-0.25, -0.2) is 0 Å². The Bertz CT molecular complexity index is 520. The molecule has 0 spiro atoms. The topological polar surface area (TPSA) is 67.2 Å². The van der Waals surface area contributed by atoms with Crippen molar-refractivity contribution < 1.29 is 14.3 Å². The number of rotatable bonds is 6. The molecule has 5 heteroatoms. The second-order valence-electron chi connectivity index (χ2n) is 3.83. The van der Waals surface area contributed by atoms with Gasteiger partial charge in [-0.3, -0.25) is 9.59 Å². The zero-order valence-electron chi connectivity index (χ0n) is 10.6. The van der Waals surface area contributed by atoms with Gasteiger partial charge in [0, 0.05) is 17.9 Å². The van der Waals surface area contributed by atoms with Gasteiger partial charge in [-0.15, -0.1) is 11.6 Å². The highest BCUT2D eigenvalue weighted by Gasteiger charge is 2.12. The number of carbonyl (C=O) groups is 2. The third-order valence-corrected chi connectivity index (χ3v) is 2.70. The summed E-state index contributed by atoms with van der Waals surface area (Å²) in [6, 6.07) is 6.67. The Hall–Kier alpha value is -1.86. The molecule has 0 N–H and O–H groups in total. The van der Waals surface area contributed by atoms with Crippen molar-refractivity contribution in [3.63, 3.8) is 0 Å². The minimum absolute atomic E-state index is 0.0152. The lowest BCUT2D eigenvalue weighted by molar-refractivity contribution is -0.142. The Morgan fingerprint density at radius 2 is 2.16 bits per heavy atom.